The topological polar surface area (TPSA) is 60.4 Å². The van der Waals surface area contributed by atoms with Gasteiger partial charge in [0.25, 0.3) is 0 Å². The molecule has 1 atom stereocenters. The molecule has 0 radical (unpaired) electrons. The molecule has 0 aromatic carbocycles. The molecule has 0 fully saturated rings. The second kappa shape index (κ2) is 25.8. The number of rotatable bonds is 6. The molecule has 4 nitrogen and oxygen atoms in total. The maximum absolute atomic E-state index is 11.0. The first-order valence-electron chi connectivity index (χ1n) is 8.06. The molecule has 0 aliphatic carbocycles. The zero-order chi connectivity index (χ0) is 20.0. The van der Waals surface area contributed by atoms with Crippen molar-refractivity contribution in [3.63, 3.8) is 0 Å². The third kappa shape index (κ3) is 36.8. The van der Waals surface area contributed by atoms with Gasteiger partial charge in [-0.1, -0.05) is 32.9 Å². The highest BCUT2D eigenvalue weighted by molar-refractivity contribution is 5.98. The van der Waals surface area contributed by atoms with E-state index in [-0.39, 0.29) is 23.5 Å². The first-order chi connectivity index (χ1) is 11.3. The molecule has 0 aromatic heterocycles. The second-order valence-corrected chi connectivity index (χ2v) is 4.56. The number of ether oxygens (including phenoxy) is 1. The van der Waals surface area contributed by atoms with Gasteiger partial charge in [0.2, 0.25) is 0 Å². The highest BCUT2D eigenvalue weighted by atomic mass is 16.5. The summed E-state index contributed by atoms with van der Waals surface area (Å²) in [6.45, 7) is 13.0. The van der Waals surface area contributed by atoms with Crippen LogP contribution in [0.2, 0.25) is 0 Å². The van der Waals surface area contributed by atoms with Crippen LogP contribution in [0.3, 0.4) is 0 Å². The molecule has 24 heavy (non-hydrogen) atoms. The Balaban J connectivity index is -0.000000130. The highest BCUT2D eigenvalue weighted by Crippen LogP contribution is 2.02. The first-order valence-corrected chi connectivity index (χ1v) is 8.06. The Morgan fingerprint density at radius 1 is 1.04 bits per heavy atom. The predicted octanol–water partition coefficient (Wildman–Crippen LogP) is 4.54. The van der Waals surface area contributed by atoms with Gasteiger partial charge in [-0.05, 0) is 45.8 Å². The fourth-order valence-corrected chi connectivity index (χ4v) is 1.00. The minimum Gasteiger partial charge on any atom is -0.466 e. The van der Waals surface area contributed by atoms with Crippen LogP contribution in [-0.2, 0) is 19.1 Å². The van der Waals surface area contributed by atoms with Gasteiger partial charge in [-0.3, -0.25) is 14.4 Å². The van der Waals surface area contributed by atoms with Gasteiger partial charge in [0.1, 0.15) is 0 Å². The van der Waals surface area contributed by atoms with E-state index in [1.54, 1.807) is 6.92 Å². The van der Waals surface area contributed by atoms with E-state index >= 15 is 0 Å². The maximum Gasteiger partial charge on any atom is 0.302 e. The number of ketones is 2. The number of allylic oxidation sites excluding steroid dienone is 4. The SMILES string of the molecule is C#C.C/C=C\CC.CCC(C)C(=O)/C=C\C(C)=O.CCOC(C)=O. The Kier molecular flexibility index (Phi) is 32.0. The number of esters is 1. The molecule has 0 saturated heterocycles. The zero-order valence-electron chi connectivity index (χ0n) is 16.3. The van der Waals surface area contributed by atoms with Crippen molar-refractivity contribution >= 4 is 17.5 Å². The number of carbonyl (C=O) groups is 3. The summed E-state index contributed by atoms with van der Waals surface area (Å²) < 4.78 is 4.40. The van der Waals surface area contributed by atoms with Crippen LogP contribution in [0.1, 0.15) is 61.3 Å². The number of hydrogen-bond acceptors (Lipinski definition) is 4. The second-order valence-electron chi connectivity index (χ2n) is 4.56. The maximum atomic E-state index is 11.0. The molecule has 0 aliphatic rings. The number of terminal acetylenes is 1. The summed E-state index contributed by atoms with van der Waals surface area (Å²) in [6, 6.07) is 0. The summed E-state index contributed by atoms with van der Waals surface area (Å²) in [6.07, 6.45) is 16.8. The lowest BCUT2D eigenvalue weighted by Crippen LogP contribution is -2.06. The Bertz CT molecular complexity index is 390. The number of carbonyl (C=O) groups excluding carboxylic acids is 3. The third-order valence-corrected chi connectivity index (χ3v) is 2.40. The molecular formula is C20H34O4. The van der Waals surface area contributed by atoms with Crippen molar-refractivity contribution < 1.29 is 19.1 Å². The van der Waals surface area contributed by atoms with Crippen molar-refractivity contribution in [1.82, 2.24) is 0 Å². The first kappa shape index (κ1) is 29.8. The van der Waals surface area contributed by atoms with Crippen molar-refractivity contribution in [2.75, 3.05) is 6.61 Å². The Morgan fingerprint density at radius 3 is 1.71 bits per heavy atom. The van der Waals surface area contributed by atoms with E-state index in [0.717, 1.165) is 12.8 Å². The lowest BCUT2D eigenvalue weighted by Gasteiger charge is -2.00. The lowest BCUT2D eigenvalue weighted by atomic mass is 10.0. The minimum atomic E-state index is -0.211. The van der Waals surface area contributed by atoms with E-state index in [4.69, 9.17) is 0 Å². The molecule has 1 unspecified atom stereocenters. The van der Waals surface area contributed by atoms with E-state index < -0.39 is 0 Å². The summed E-state index contributed by atoms with van der Waals surface area (Å²) in [5, 5.41) is 0. The lowest BCUT2D eigenvalue weighted by molar-refractivity contribution is -0.140. The van der Waals surface area contributed by atoms with E-state index in [2.05, 4.69) is 36.7 Å². The van der Waals surface area contributed by atoms with Gasteiger partial charge in [-0.2, -0.15) is 0 Å². The van der Waals surface area contributed by atoms with Gasteiger partial charge in [-0.15, -0.1) is 12.8 Å². The van der Waals surface area contributed by atoms with Gasteiger partial charge in [0, 0.05) is 12.8 Å². The quantitative estimate of drug-likeness (QED) is 0.309. The average Bonchev–Trinajstić information content (AvgIpc) is 2.55. The van der Waals surface area contributed by atoms with Crippen LogP contribution in [0.5, 0.6) is 0 Å². The molecule has 0 amide bonds. The molecule has 0 aromatic rings. The van der Waals surface area contributed by atoms with E-state index in [1.807, 2.05) is 20.8 Å². The molecular weight excluding hydrogens is 304 g/mol. The van der Waals surface area contributed by atoms with Gasteiger partial charge in [0.05, 0.1) is 6.61 Å². The molecule has 0 saturated carbocycles. The van der Waals surface area contributed by atoms with Gasteiger partial charge < -0.3 is 4.74 Å². The van der Waals surface area contributed by atoms with Crippen LogP contribution in [0.25, 0.3) is 0 Å². The van der Waals surface area contributed by atoms with Crippen LogP contribution in [0.4, 0.5) is 0 Å². The van der Waals surface area contributed by atoms with Crippen LogP contribution in [0.15, 0.2) is 24.3 Å². The highest BCUT2D eigenvalue weighted by Gasteiger charge is 2.05. The molecule has 0 rings (SSSR count). The largest absolute Gasteiger partial charge is 0.466 e. The third-order valence-electron chi connectivity index (χ3n) is 2.40. The molecule has 4 heteroatoms. The molecule has 0 bridgehead atoms. The van der Waals surface area contributed by atoms with E-state index in [1.165, 1.54) is 26.0 Å². The van der Waals surface area contributed by atoms with Gasteiger partial charge >= 0.3 is 5.97 Å². The summed E-state index contributed by atoms with van der Waals surface area (Å²) in [5.41, 5.74) is 0. The smallest absolute Gasteiger partial charge is 0.302 e. The Morgan fingerprint density at radius 2 is 1.54 bits per heavy atom. The van der Waals surface area contributed by atoms with Crippen molar-refractivity contribution in [3.8, 4) is 12.8 Å². The molecule has 138 valence electrons. The van der Waals surface area contributed by atoms with Crippen LogP contribution in [0, 0.1) is 18.8 Å². The summed E-state index contributed by atoms with van der Waals surface area (Å²) in [7, 11) is 0. The average molecular weight is 338 g/mol. The summed E-state index contributed by atoms with van der Waals surface area (Å²) in [4.78, 5) is 31.3. The minimum absolute atomic E-state index is 0.0303. The monoisotopic (exact) mass is 338 g/mol. The van der Waals surface area contributed by atoms with Crippen LogP contribution in [-0.4, -0.2) is 24.1 Å². The normalized spacial score (nSPS) is 10.2. The van der Waals surface area contributed by atoms with Crippen molar-refractivity contribution in [2.24, 2.45) is 5.92 Å². The van der Waals surface area contributed by atoms with E-state index in [9.17, 15) is 14.4 Å². The predicted molar refractivity (Wildman–Crippen MR) is 102 cm³/mol. The fourth-order valence-electron chi connectivity index (χ4n) is 1.00. The summed E-state index contributed by atoms with van der Waals surface area (Å²) in [5.74, 6) is -0.229. The Labute approximate surface area is 148 Å². The molecule has 0 aliphatic heterocycles. The van der Waals surface area contributed by atoms with Crippen molar-refractivity contribution in [3.05, 3.63) is 24.3 Å². The molecule has 0 spiro atoms. The van der Waals surface area contributed by atoms with E-state index in [0.29, 0.717) is 6.61 Å². The van der Waals surface area contributed by atoms with Crippen LogP contribution >= 0.6 is 0 Å². The Hall–Kier alpha value is -2.15. The van der Waals surface area contributed by atoms with Crippen molar-refractivity contribution in [1.29, 1.82) is 0 Å². The standard InChI is InChI=1S/C9H14O2.C5H10.C4H8O2.C2H2/c1-4-7(2)9(11)6-5-8(3)10;1-3-5-4-2;1-3-6-4(2)5;1-2/h5-7H,4H2,1-3H3;3,5H,4H2,1-2H3;3H2,1-2H3;1-2H/b6-5-;5-3-;;. The van der Waals surface area contributed by atoms with Crippen molar-refractivity contribution in [2.45, 2.75) is 61.3 Å². The fraction of sp³-hybridized carbons (Fsp3) is 0.550. The zero-order valence-corrected chi connectivity index (χ0v) is 16.3. The van der Waals surface area contributed by atoms with Gasteiger partial charge in [0.15, 0.2) is 11.6 Å². The number of hydrogen-bond donors (Lipinski definition) is 0. The molecule has 0 heterocycles. The summed E-state index contributed by atoms with van der Waals surface area (Å²) >= 11 is 0. The van der Waals surface area contributed by atoms with Crippen LogP contribution < -0.4 is 0 Å². The molecule has 0 N–H and O–H groups in total. The van der Waals surface area contributed by atoms with Gasteiger partial charge in [-0.25, -0.2) is 0 Å².